The Bertz CT molecular complexity index is 415. The Balaban J connectivity index is 2.94. The van der Waals surface area contributed by atoms with Crippen LogP contribution < -0.4 is 0 Å². The van der Waals surface area contributed by atoms with Crippen LogP contribution in [0.3, 0.4) is 0 Å². The van der Waals surface area contributed by atoms with Gasteiger partial charge in [0.25, 0.3) is 0 Å². The monoisotopic (exact) mass is 230 g/mol. The van der Waals surface area contributed by atoms with E-state index in [-0.39, 0.29) is 17.0 Å². The van der Waals surface area contributed by atoms with Gasteiger partial charge in [-0.3, -0.25) is 4.79 Å². The van der Waals surface area contributed by atoms with Crippen molar-refractivity contribution in [1.82, 2.24) is 0 Å². The van der Waals surface area contributed by atoms with Crippen molar-refractivity contribution in [3.8, 4) is 5.75 Å². The molecule has 0 aliphatic carbocycles. The summed E-state index contributed by atoms with van der Waals surface area (Å²) >= 11 is 5.56. The van der Waals surface area contributed by atoms with Crippen molar-refractivity contribution < 1.29 is 19.4 Å². The van der Waals surface area contributed by atoms with Gasteiger partial charge < -0.3 is 10.2 Å². The number of halogens is 2. The van der Waals surface area contributed by atoms with Crippen molar-refractivity contribution in [3.05, 3.63) is 34.6 Å². The smallest absolute Gasteiger partial charge is 0.307 e. The molecule has 0 saturated heterocycles. The summed E-state index contributed by atoms with van der Waals surface area (Å²) < 4.78 is 12.9. The van der Waals surface area contributed by atoms with Crippen molar-refractivity contribution in [1.29, 1.82) is 0 Å². The molecule has 5 heteroatoms. The second-order valence-electron chi connectivity index (χ2n) is 2.83. The average Bonchev–Trinajstić information content (AvgIpc) is 2.12. The summed E-state index contributed by atoms with van der Waals surface area (Å²) in [7, 11) is 0. The van der Waals surface area contributed by atoms with Crippen LogP contribution in [0.25, 0.3) is 6.08 Å². The van der Waals surface area contributed by atoms with Crippen LogP contribution in [-0.4, -0.2) is 16.2 Å². The number of hydrogen-bond donors (Lipinski definition) is 2. The number of aliphatic carboxylic acids is 1. The Morgan fingerprint density at radius 3 is 2.80 bits per heavy atom. The summed E-state index contributed by atoms with van der Waals surface area (Å²) in [6.07, 6.45) is 2.40. The molecule has 0 aliphatic rings. The highest BCUT2D eigenvalue weighted by Crippen LogP contribution is 2.26. The molecule has 0 saturated carbocycles. The van der Waals surface area contributed by atoms with E-state index in [2.05, 4.69) is 0 Å². The zero-order valence-corrected chi connectivity index (χ0v) is 8.33. The zero-order valence-electron chi connectivity index (χ0n) is 7.58. The number of carboxylic acid groups (broad SMARTS) is 1. The van der Waals surface area contributed by atoms with Gasteiger partial charge in [0, 0.05) is 10.6 Å². The predicted molar refractivity (Wildman–Crippen MR) is 54.4 cm³/mol. The van der Waals surface area contributed by atoms with Crippen molar-refractivity contribution in [2.75, 3.05) is 0 Å². The van der Waals surface area contributed by atoms with Crippen LogP contribution in [0.5, 0.6) is 5.75 Å². The van der Waals surface area contributed by atoms with Gasteiger partial charge in [0.1, 0.15) is 0 Å². The summed E-state index contributed by atoms with van der Waals surface area (Å²) in [4.78, 5) is 10.2. The maximum absolute atomic E-state index is 12.9. The first kappa shape index (κ1) is 11.5. The number of carbonyl (C=O) groups is 1. The Labute approximate surface area is 90.4 Å². The van der Waals surface area contributed by atoms with Crippen LogP contribution in [0.2, 0.25) is 5.02 Å². The largest absolute Gasteiger partial charge is 0.504 e. The van der Waals surface area contributed by atoms with Gasteiger partial charge in [-0.15, -0.1) is 0 Å². The van der Waals surface area contributed by atoms with E-state index in [0.29, 0.717) is 0 Å². The van der Waals surface area contributed by atoms with E-state index in [4.69, 9.17) is 16.7 Å². The Morgan fingerprint density at radius 1 is 1.53 bits per heavy atom. The highest BCUT2D eigenvalue weighted by atomic mass is 35.5. The third kappa shape index (κ3) is 3.25. The fourth-order valence-electron chi connectivity index (χ4n) is 1.000. The Morgan fingerprint density at radius 2 is 2.20 bits per heavy atom. The van der Waals surface area contributed by atoms with E-state index >= 15 is 0 Å². The van der Waals surface area contributed by atoms with Gasteiger partial charge in [-0.05, 0) is 12.1 Å². The molecule has 0 unspecified atom stereocenters. The van der Waals surface area contributed by atoms with Crippen LogP contribution in [-0.2, 0) is 4.79 Å². The Hall–Kier alpha value is -1.55. The summed E-state index contributed by atoms with van der Waals surface area (Å²) in [6, 6.07) is 2.32. The molecule has 0 spiro atoms. The predicted octanol–water partition coefficient (Wildman–Crippen LogP) is 2.67. The zero-order chi connectivity index (χ0) is 11.4. The lowest BCUT2D eigenvalue weighted by Gasteiger charge is -2.01. The molecule has 15 heavy (non-hydrogen) atoms. The van der Waals surface area contributed by atoms with E-state index in [0.717, 1.165) is 6.07 Å². The molecule has 1 rings (SSSR count). The third-order valence-corrected chi connectivity index (χ3v) is 1.87. The van der Waals surface area contributed by atoms with Crippen LogP contribution >= 0.6 is 11.6 Å². The van der Waals surface area contributed by atoms with Gasteiger partial charge in [0.05, 0.1) is 6.42 Å². The molecule has 1 aromatic carbocycles. The third-order valence-electron chi connectivity index (χ3n) is 1.65. The van der Waals surface area contributed by atoms with Crippen molar-refractivity contribution >= 4 is 23.6 Å². The minimum Gasteiger partial charge on any atom is -0.504 e. The number of carboxylic acids is 1. The molecule has 0 bridgehead atoms. The molecule has 0 heterocycles. The van der Waals surface area contributed by atoms with E-state index in [1.807, 2.05) is 0 Å². The SMILES string of the molecule is O=C(O)CC=Cc1cc(Cl)cc(F)c1O. The first-order valence-corrected chi connectivity index (χ1v) is 4.45. The summed E-state index contributed by atoms with van der Waals surface area (Å²) in [5.41, 5.74) is 0.154. The van der Waals surface area contributed by atoms with Gasteiger partial charge in [-0.25, -0.2) is 4.39 Å². The number of hydrogen-bond acceptors (Lipinski definition) is 2. The Kier molecular flexibility index (Phi) is 3.68. The number of benzene rings is 1. The van der Waals surface area contributed by atoms with Crippen LogP contribution in [0, 0.1) is 5.82 Å². The standard InChI is InChI=1S/C10H8ClFO3/c11-7-4-6(2-1-3-9(13)14)10(15)8(12)5-7/h1-2,4-5,15H,3H2,(H,13,14). The molecule has 0 fully saturated rings. The number of aromatic hydroxyl groups is 1. The molecule has 0 amide bonds. The molecule has 3 nitrogen and oxygen atoms in total. The number of phenols is 1. The van der Waals surface area contributed by atoms with E-state index < -0.39 is 17.5 Å². The molecule has 0 aromatic heterocycles. The quantitative estimate of drug-likeness (QED) is 0.839. The van der Waals surface area contributed by atoms with Gasteiger partial charge in [0.2, 0.25) is 0 Å². The van der Waals surface area contributed by atoms with Crippen LogP contribution in [0.4, 0.5) is 4.39 Å². The van der Waals surface area contributed by atoms with E-state index in [9.17, 15) is 14.3 Å². The molecule has 2 N–H and O–H groups in total. The number of rotatable bonds is 3. The van der Waals surface area contributed by atoms with Gasteiger partial charge in [0.15, 0.2) is 11.6 Å². The second-order valence-corrected chi connectivity index (χ2v) is 3.26. The summed E-state index contributed by atoms with van der Waals surface area (Å²) in [6.45, 7) is 0. The second kappa shape index (κ2) is 4.79. The highest BCUT2D eigenvalue weighted by Gasteiger charge is 2.06. The molecule has 0 radical (unpaired) electrons. The van der Waals surface area contributed by atoms with Crippen molar-refractivity contribution in [2.24, 2.45) is 0 Å². The highest BCUT2D eigenvalue weighted by molar-refractivity contribution is 6.30. The van der Waals surface area contributed by atoms with E-state index in [1.54, 1.807) is 0 Å². The minimum absolute atomic E-state index is 0.139. The van der Waals surface area contributed by atoms with Crippen LogP contribution in [0.15, 0.2) is 18.2 Å². The minimum atomic E-state index is -1.01. The summed E-state index contributed by atoms with van der Waals surface area (Å²) in [5, 5.41) is 17.8. The van der Waals surface area contributed by atoms with E-state index in [1.165, 1.54) is 18.2 Å². The van der Waals surface area contributed by atoms with Crippen LogP contribution in [0.1, 0.15) is 12.0 Å². The fourth-order valence-corrected chi connectivity index (χ4v) is 1.21. The van der Waals surface area contributed by atoms with Gasteiger partial charge >= 0.3 is 5.97 Å². The average molecular weight is 231 g/mol. The van der Waals surface area contributed by atoms with Crippen molar-refractivity contribution in [2.45, 2.75) is 6.42 Å². The maximum atomic E-state index is 12.9. The molecule has 1 aromatic rings. The molecule has 80 valence electrons. The topological polar surface area (TPSA) is 57.5 Å². The first-order valence-electron chi connectivity index (χ1n) is 4.07. The lowest BCUT2D eigenvalue weighted by molar-refractivity contribution is -0.135. The normalized spacial score (nSPS) is 10.8. The molecular formula is C10H8ClFO3. The number of phenolic OH excluding ortho intramolecular Hbond substituents is 1. The lowest BCUT2D eigenvalue weighted by Crippen LogP contribution is -1.89. The van der Waals surface area contributed by atoms with Gasteiger partial charge in [-0.1, -0.05) is 23.8 Å². The lowest BCUT2D eigenvalue weighted by atomic mass is 10.1. The maximum Gasteiger partial charge on any atom is 0.307 e. The first-order chi connectivity index (χ1) is 7.00. The fraction of sp³-hybridized carbons (Fsp3) is 0.100. The molecular weight excluding hydrogens is 223 g/mol. The molecule has 0 atom stereocenters. The summed E-state index contributed by atoms with van der Waals surface area (Å²) in [5.74, 6) is -2.38. The van der Waals surface area contributed by atoms with Crippen molar-refractivity contribution in [3.63, 3.8) is 0 Å². The van der Waals surface area contributed by atoms with Gasteiger partial charge in [-0.2, -0.15) is 0 Å². The molecule has 0 aliphatic heterocycles.